The van der Waals surface area contributed by atoms with Crippen LogP contribution in [0.4, 0.5) is 0 Å². The molecule has 4 unspecified atom stereocenters. The molecular weight excluding hydrogens is 224 g/mol. The van der Waals surface area contributed by atoms with Crippen molar-refractivity contribution in [3.8, 4) is 0 Å². The third kappa shape index (κ3) is 2.10. The summed E-state index contributed by atoms with van der Waals surface area (Å²) >= 11 is 0. The molecule has 0 aromatic rings. The lowest BCUT2D eigenvalue weighted by Gasteiger charge is -2.46. The second-order valence-corrected chi connectivity index (χ2v) is 6.85. The van der Waals surface area contributed by atoms with Crippen molar-refractivity contribution in [2.24, 2.45) is 23.5 Å². The minimum Gasteiger partial charge on any atom is -0.381 e. The van der Waals surface area contributed by atoms with Crippen LogP contribution in [0.25, 0.3) is 0 Å². The molecule has 2 N–H and O–H groups in total. The summed E-state index contributed by atoms with van der Waals surface area (Å²) in [5, 5.41) is 0. The highest BCUT2D eigenvalue weighted by Gasteiger charge is 2.52. The average Bonchev–Trinajstić information content (AvgIpc) is 3.00. The van der Waals surface area contributed by atoms with E-state index in [4.69, 9.17) is 10.5 Å². The summed E-state index contributed by atoms with van der Waals surface area (Å²) in [6, 6.07) is 0. The molecule has 3 nitrogen and oxygen atoms in total. The fourth-order valence-electron chi connectivity index (χ4n) is 4.81. The van der Waals surface area contributed by atoms with Crippen molar-refractivity contribution < 1.29 is 4.74 Å². The van der Waals surface area contributed by atoms with Crippen molar-refractivity contribution in [2.45, 2.75) is 44.1 Å². The molecule has 4 atom stereocenters. The molecule has 1 aliphatic heterocycles. The summed E-state index contributed by atoms with van der Waals surface area (Å²) in [6.07, 6.45) is 8.21. The van der Waals surface area contributed by atoms with Gasteiger partial charge in [0.15, 0.2) is 0 Å². The van der Waals surface area contributed by atoms with Gasteiger partial charge in [-0.05, 0) is 56.9 Å². The largest absolute Gasteiger partial charge is 0.381 e. The van der Waals surface area contributed by atoms with E-state index in [-0.39, 0.29) is 0 Å². The number of hydrogen-bond acceptors (Lipinski definition) is 3. The van der Waals surface area contributed by atoms with Gasteiger partial charge >= 0.3 is 0 Å². The molecule has 0 amide bonds. The molecule has 0 aromatic carbocycles. The van der Waals surface area contributed by atoms with Gasteiger partial charge in [0.2, 0.25) is 0 Å². The van der Waals surface area contributed by atoms with Crippen molar-refractivity contribution >= 4 is 0 Å². The smallest absolute Gasteiger partial charge is 0.0506 e. The van der Waals surface area contributed by atoms with Crippen LogP contribution in [0.15, 0.2) is 0 Å². The number of ether oxygens (including phenoxy) is 1. The van der Waals surface area contributed by atoms with Crippen LogP contribution in [0.5, 0.6) is 0 Å². The molecule has 3 rings (SSSR count). The summed E-state index contributed by atoms with van der Waals surface area (Å²) in [7, 11) is 2.31. The predicted molar refractivity (Wildman–Crippen MR) is 73.4 cm³/mol. The quantitative estimate of drug-likeness (QED) is 0.830. The Labute approximate surface area is 111 Å². The second-order valence-electron chi connectivity index (χ2n) is 6.85. The van der Waals surface area contributed by atoms with Crippen LogP contribution in [0.2, 0.25) is 0 Å². The van der Waals surface area contributed by atoms with Crippen molar-refractivity contribution in [1.29, 1.82) is 0 Å². The van der Waals surface area contributed by atoms with Crippen molar-refractivity contribution in [1.82, 2.24) is 4.90 Å². The zero-order chi connectivity index (χ0) is 12.6. The first-order valence-corrected chi connectivity index (χ1v) is 7.73. The highest BCUT2D eigenvalue weighted by atomic mass is 16.5. The molecule has 0 aromatic heterocycles. The topological polar surface area (TPSA) is 38.5 Å². The van der Waals surface area contributed by atoms with Gasteiger partial charge in [-0.2, -0.15) is 0 Å². The van der Waals surface area contributed by atoms with E-state index in [9.17, 15) is 0 Å². The Bertz CT molecular complexity index is 290. The monoisotopic (exact) mass is 252 g/mol. The van der Waals surface area contributed by atoms with Crippen LogP contribution in [-0.4, -0.2) is 43.8 Å². The second kappa shape index (κ2) is 5.10. The van der Waals surface area contributed by atoms with E-state index in [0.717, 1.165) is 37.5 Å². The van der Waals surface area contributed by atoms with E-state index in [1.807, 2.05) is 0 Å². The van der Waals surface area contributed by atoms with Gasteiger partial charge in [0.25, 0.3) is 0 Å². The number of rotatable bonds is 4. The lowest BCUT2D eigenvalue weighted by molar-refractivity contribution is 0.00396. The highest BCUT2D eigenvalue weighted by molar-refractivity contribution is 5.07. The highest BCUT2D eigenvalue weighted by Crippen LogP contribution is 2.52. The molecule has 2 aliphatic carbocycles. The molecule has 2 saturated carbocycles. The maximum atomic E-state index is 6.19. The molecule has 1 heterocycles. The van der Waals surface area contributed by atoms with E-state index >= 15 is 0 Å². The number of nitrogens with two attached hydrogens (primary N) is 1. The minimum absolute atomic E-state index is 0.320. The first kappa shape index (κ1) is 12.9. The molecule has 0 spiro atoms. The fourth-order valence-corrected chi connectivity index (χ4v) is 4.81. The minimum atomic E-state index is 0.320. The van der Waals surface area contributed by atoms with Crippen LogP contribution in [0.1, 0.15) is 38.5 Å². The van der Waals surface area contributed by atoms with Gasteiger partial charge in [-0.1, -0.05) is 6.42 Å². The van der Waals surface area contributed by atoms with E-state index < -0.39 is 0 Å². The Kier molecular flexibility index (Phi) is 3.65. The number of likely N-dealkylation sites (N-methyl/N-ethyl adjacent to an activating group) is 1. The number of nitrogens with zero attached hydrogens (tertiary/aromatic N) is 1. The number of fused-ring (bicyclic) bond motifs is 2. The first-order valence-electron chi connectivity index (χ1n) is 7.73. The summed E-state index contributed by atoms with van der Waals surface area (Å²) in [4.78, 5) is 2.61. The van der Waals surface area contributed by atoms with E-state index in [2.05, 4.69) is 11.9 Å². The van der Waals surface area contributed by atoms with Gasteiger partial charge in [0.05, 0.1) is 6.61 Å². The Hall–Kier alpha value is -0.120. The molecule has 2 bridgehead atoms. The molecule has 3 heteroatoms. The zero-order valence-corrected chi connectivity index (χ0v) is 11.7. The van der Waals surface area contributed by atoms with Gasteiger partial charge in [0, 0.05) is 25.2 Å². The van der Waals surface area contributed by atoms with Crippen LogP contribution in [-0.2, 0) is 4.74 Å². The number of hydrogen-bond donors (Lipinski definition) is 1. The Morgan fingerprint density at radius 3 is 2.78 bits per heavy atom. The first-order chi connectivity index (χ1) is 8.74. The van der Waals surface area contributed by atoms with E-state index in [1.165, 1.54) is 45.1 Å². The lowest BCUT2D eigenvalue weighted by Crippen LogP contribution is -2.57. The van der Waals surface area contributed by atoms with Crippen LogP contribution in [0, 0.1) is 17.8 Å². The molecule has 18 heavy (non-hydrogen) atoms. The predicted octanol–water partition coefficient (Wildman–Crippen LogP) is 1.86. The van der Waals surface area contributed by atoms with Gasteiger partial charge in [-0.3, -0.25) is 4.90 Å². The SMILES string of the molecule is CN(CC1CCCOC1)C1(CN)CC2CCC1C2. The van der Waals surface area contributed by atoms with Crippen LogP contribution < -0.4 is 5.73 Å². The summed E-state index contributed by atoms with van der Waals surface area (Å²) < 4.78 is 5.62. The van der Waals surface area contributed by atoms with Gasteiger partial charge in [-0.15, -0.1) is 0 Å². The van der Waals surface area contributed by atoms with Crippen LogP contribution in [0.3, 0.4) is 0 Å². The average molecular weight is 252 g/mol. The molecule has 3 fully saturated rings. The zero-order valence-electron chi connectivity index (χ0n) is 11.7. The van der Waals surface area contributed by atoms with E-state index in [1.54, 1.807) is 0 Å². The maximum absolute atomic E-state index is 6.19. The van der Waals surface area contributed by atoms with Gasteiger partial charge < -0.3 is 10.5 Å². The fraction of sp³-hybridized carbons (Fsp3) is 1.00. The maximum Gasteiger partial charge on any atom is 0.0506 e. The Morgan fingerprint density at radius 1 is 1.33 bits per heavy atom. The third-order valence-corrected chi connectivity index (χ3v) is 5.84. The molecule has 1 saturated heterocycles. The molecule has 3 aliphatic rings. The normalized spacial score (nSPS) is 43.8. The third-order valence-electron chi connectivity index (χ3n) is 5.84. The van der Waals surface area contributed by atoms with Crippen molar-refractivity contribution in [3.63, 3.8) is 0 Å². The van der Waals surface area contributed by atoms with E-state index in [0.29, 0.717) is 5.54 Å². The van der Waals surface area contributed by atoms with Gasteiger partial charge in [-0.25, -0.2) is 0 Å². The molecule has 104 valence electrons. The molecular formula is C15H28N2O. The lowest BCUT2D eigenvalue weighted by atomic mass is 9.79. The summed E-state index contributed by atoms with van der Waals surface area (Å²) in [5.41, 5.74) is 6.51. The molecule has 0 radical (unpaired) electrons. The summed E-state index contributed by atoms with van der Waals surface area (Å²) in [6.45, 7) is 3.95. The van der Waals surface area contributed by atoms with Crippen molar-refractivity contribution in [2.75, 3.05) is 33.4 Å². The van der Waals surface area contributed by atoms with Crippen molar-refractivity contribution in [3.05, 3.63) is 0 Å². The standard InChI is InChI=1S/C15H28N2O/c1-17(9-13-3-2-6-18-10-13)15(11-16)8-12-4-5-14(15)7-12/h12-14H,2-11,16H2,1H3. The van der Waals surface area contributed by atoms with Crippen LogP contribution >= 0.6 is 0 Å². The Balaban J connectivity index is 1.64. The Morgan fingerprint density at radius 2 is 2.22 bits per heavy atom. The summed E-state index contributed by atoms with van der Waals surface area (Å²) in [5.74, 6) is 2.55. The van der Waals surface area contributed by atoms with Gasteiger partial charge in [0.1, 0.15) is 0 Å².